The first-order valence-corrected chi connectivity index (χ1v) is 15.3. The minimum Gasteiger partial charge on any atom is -0.455 e. The van der Waals surface area contributed by atoms with Gasteiger partial charge in [0.05, 0.1) is 11.1 Å². The van der Waals surface area contributed by atoms with E-state index in [1.54, 1.807) is 0 Å². The Hall–Kier alpha value is -5.38. The van der Waals surface area contributed by atoms with Crippen LogP contribution in [-0.2, 0) is 0 Å². The lowest BCUT2D eigenvalue weighted by atomic mass is 9.98. The molecule has 0 saturated heterocycles. The molecular formula is C40H25NOS. The highest BCUT2D eigenvalue weighted by molar-refractivity contribution is 7.25. The first-order chi connectivity index (χ1) is 21.3. The maximum atomic E-state index is 6.58. The number of rotatable bonds is 4. The topological polar surface area (TPSA) is 16.4 Å². The smallest absolute Gasteiger partial charge is 0.143 e. The zero-order chi connectivity index (χ0) is 28.3. The van der Waals surface area contributed by atoms with Crippen LogP contribution in [0.1, 0.15) is 0 Å². The molecule has 7 aromatic carbocycles. The Labute approximate surface area is 252 Å². The van der Waals surface area contributed by atoms with E-state index in [9.17, 15) is 0 Å². The van der Waals surface area contributed by atoms with Gasteiger partial charge in [-0.05, 0) is 71.1 Å². The number of anilines is 3. The SMILES string of the molecule is c1ccc(N(c2cccc(-c3cccc4sc5ccccc5c34)c2)c2cccc3oc4c5ccccc5ccc4c23)cc1. The Morgan fingerprint density at radius 1 is 0.488 bits per heavy atom. The lowest BCUT2D eigenvalue weighted by Crippen LogP contribution is -2.10. The van der Waals surface area contributed by atoms with Gasteiger partial charge in [0.1, 0.15) is 11.2 Å². The van der Waals surface area contributed by atoms with Crippen molar-refractivity contribution in [1.29, 1.82) is 0 Å². The molecule has 0 unspecified atom stereocenters. The lowest BCUT2D eigenvalue weighted by molar-refractivity contribution is 0.672. The summed E-state index contributed by atoms with van der Waals surface area (Å²) in [6.07, 6.45) is 0. The van der Waals surface area contributed by atoms with E-state index in [2.05, 4.69) is 157 Å². The lowest BCUT2D eigenvalue weighted by Gasteiger charge is -2.26. The van der Waals surface area contributed by atoms with E-state index in [1.165, 1.54) is 36.7 Å². The monoisotopic (exact) mass is 567 g/mol. The number of hydrogen-bond donors (Lipinski definition) is 0. The van der Waals surface area contributed by atoms with Crippen molar-refractivity contribution < 1.29 is 4.42 Å². The maximum absolute atomic E-state index is 6.58. The molecular weight excluding hydrogens is 543 g/mol. The van der Waals surface area contributed by atoms with Gasteiger partial charge in [-0.15, -0.1) is 11.3 Å². The minimum atomic E-state index is 0.885. The fourth-order valence-corrected chi connectivity index (χ4v) is 7.69. The molecule has 0 bridgehead atoms. The van der Waals surface area contributed by atoms with Crippen LogP contribution in [-0.4, -0.2) is 0 Å². The molecule has 2 aromatic heterocycles. The van der Waals surface area contributed by atoms with E-state index < -0.39 is 0 Å². The van der Waals surface area contributed by atoms with Crippen LogP contribution in [0.15, 0.2) is 156 Å². The van der Waals surface area contributed by atoms with Gasteiger partial charge in [-0.3, -0.25) is 0 Å². The van der Waals surface area contributed by atoms with Crippen LogP contribution in [0.2, 0.25) is 0 Å². The maximum Gasteiger partial charge on any atom is 0.143 e. The first kappa shape index (κ1) is 24.2. The molecule has 0 radical (unpaired) electrons. The van der Waals surface area contributed by atoms with Gasteiger partial charge in [-0.2, -0.15) is 0 Å². The quantitative estimate of drug-likeness (QED) is 0.210. The number of thiophene rings is 1. The van der Waals surface area contributed by atoms with Crippen molar-refractivity contribution in [2.75, 3.05) is 4.90 Å². The predicted octanol–water partition coefficient (Wildman–Crippen LogP) is 12.2. The van der Waals surface area contributed by atoms with E-state index in [0.29, 0.717) is 0 Å². The molecule has 0 N–H and O–H groups in total. The van der Waals surface area contributed by atoms with Crippen LogP contribution in [0.5, 0.6) is 0 Å². The molecule has 0 saturated carbocycles. The molecule has 9 rings (SSSR count). The van der Waals surface area contributed by atoms with Crippen molar-refractivity contribution in [2.24, 2.45) is 0 Å². The van der Waals surface area contributed by atoms with Gasteiger partial charge in [-0.1, -0.05) is 97.1 Å². The summed E-state index contributed by atoms with van der Waals surface area (Å²) < 4.78 is 9.20. The second kappa shape index (κ2) is 9.59. The fourth-order valence-electron chi connectivity index (χ4n) is 6.55. The fraction of sp³-hybridized carbons (Fsp3) is 0. The molecule has 0 aliphatic rings. The van der Waals surface area contributed by atoms with Crippen LogP contribution in [0.3, 0.4) is 0 Å². The zero-order valence-corrected chi connectivity index (χ0v) is 24.0. The van der Waals surface area contributed by atoms with Gasteiger partial charge < -0.3 is 9.32 Å². The summed E-state index contributed by atoms with van der Waals surface area (Å²) in [7, 11) is 0. The highest BCUT2D eigenvalue weighted by Crippen LogP contribution is 2.46. The highest BCUT2D eigenvalue weighted by Gasteiger charge is 2.21. The van der Waals surface area contributed by atoms with Crippen molar-refractivity contribution in [3.8, 4) is 11.1 Å². The van der Waals surface area contributed by atoms with Crippen molar-refractivity contribution in [2.45, 2.75) is 0 Å². The molecule has 0 aliphatic heterocycles. The molecule has 2 nitrogen and oxygen atoms in total. The van der Waals surface area contributed by atoms with E-state index >= 15 is 0 Å². The Kier molecular flexibility index (Phi) is 5.40. The van der Waals surface area contributed by atoms with Gasteiger partial charge in [0.25, 0.3) is 0 Å². The summed E-state index contributed by atoms with van der Waals surface area (Å²) in [5.41, 5.74) is 7.55. The average molecular weight is 568 g/mol. The van der Waals surface area contributed by atoms with Crippen molar-refractivity contribution in [3.63, 3.8) is 0 Å². The second-order valence-corrected chi connectivity index (χ2v) is 12.0. The highest BCUT2D eigenvalue weighted by atomic mass is 32.1. The molecule has 0 aliphatic carbocycles. The first-order valence-electron chi connectivity index (χ1n) is 14.5. The van der Waals surface area contributed by atoms with Crippen LogP contribution in [0.4, 0.5) is 17.1 Å². The Bertz CT molecular complexity index is 2470. The number of para-hydroxylation sites is 1. The molecule has 9 aromatic rings. The molecule has 43 heavy (non-hydrogen) atoms. The standard InChI is InChI=1S/C40H25NOS/c1-2-13-28(14-3-1)41(34-19-10-20-35-39(34)33-24-23-26-11-4-5-16-31(26)40(33)42-35)29-15-8-12-27(25-29)30-18-9-22-37-38(30)32-17-6-7-21-36(32)43-37/h1-25H. The zero-order valence-electron chi connectivity index (χ0n) is 23.2. The van der Waals surface area contributed by atoms with Gasteiger partial charge >= 0.3 is 0 Å². The second-order valence-electron chi connectivity index (χ2n) is 10.9. The van der Waals surface area contributed by atoms with Crippen LogP contribution < -0.4 is 4.90 Å². The summed E-state index contributed by atoms with van der Waals surface area (Å²) in [4.78, 5) is 2.36. The third-order valence-corrected chi connectivity index (χ3v) is 9.57. The van der Waals surface area contributed by atoms with Crippen molar-refractivity contribution in [3.05, 3.63) is 152 Å². The van der Waals surface area contributed by atoms with Crippen molar-refractivity contribution >= 4 is 81.3 Å². The van der Waals surface area contributed by atoms with Gasteiger partial charge in [0.15, 0.2) is 0 Å². The summed E-state index contributed by atoms with van der Waals surface area (Å²) in [6.45, 7) is 0. The molecule has 0 spiro atoms. The summed E-state index contributed by atoms with van der Waals surface area (Å²) >= 11 is 1.86. The molecule has 3 heteroatoms. The normalized spacial score (nSPS) is 11.7. The van der Waals surface area contributed by atoms with E-state index in [-0.39, 0.29) is 0 Å². The van der Waals surface area contributed by atoms with E-state index in [0.717, 1.165) is 44.4 Å². The Morgan fingerprint density at radius 2 is 1.23 bits per heavy atom. The summed E-state index contributed by atoms with van der Waals surface area (Å²) in [5.74, 6) is 0. The Balaban J connectivity index is 1.30. The van der Waals surface area contributed by atoms with Crippen molar-refractivity contribution in [1.82, 2.24) is 0 Å². The van der Waals surface area contributed by atoms with Crippen LogP contribution in [0, 0.1) is 0 Å². The van der Waals surface area contributed by atoms with Crippen LogP contribution >= 0.6 is 11.3 Å². The Morgan fingerprint density at radius 3 is 2.16 bits per heavy atom. The van der Waals surface area contributed by atoms with E-state index in [1.807, 2.05) is 11.3 Å². The van der Waals surface area contributed by atoms with E-state index in [4.69, 9.17) is 4.42 Å². The molecule has 0 amide bonds. The van der Waals surface area contributed by atoms with Gasteiger partial charge in [0, 0.05) is 42.3 Å². The molecule has 0 fully saturated rings. The third kappa shape index (κ3) is 3.79. The van der Waals surface area contributed by atoms with Gasteiger partial charge in [-0.25, -0.2) is 0 Å². The number of benzene rings is 7. The van der Waals surface area contributed by atoms with Gasteiger partial charge in [0.2, 0.25) is 0 Å². The molecule has 202 valence electrons. The van der Waals surface area contributed by atoms with Crippen LogP contribution in [0.25, 0.3) is 64.0 Å². The largest absolute Gasteiger partial charge is 0.455 e. The molecule has 2 heterocycles. The summed E-state index contributed by atoms with van der Waals surface area (Å²) in [5, 5.41) is 7.18. The molecule has 0 atom stereocenters. The third-order valence-electron chi connectivity index (χ3n) is 8.44. The summed E-state index contributed by atoms with van der Waals surface area (Å²) in [6, 6.07) is 54.2. The number of furan rings is 1. The number of fused-ring (bicyclic) bond motifs is 8. The number of nitrogens with zero attached hydrogens (tertiary/aromatic N) is 1. The predicted molar refractivity (Wildman–Crippen MR) is 184 cm³/mol. The average Bonchev–Trinajstić information content (AvgIpc) is 3.65. The minimum absolute atomic E-state index is 0.885. The number of hydrogen-bond acceptors (Lipinski definition) is 3.